The van der Waals surface area contributed by atoms with Gasteiger partial charge in [-0.3, -0.25) is 14.4 Å². The number of hydrogen-bond acceptors (Lipinski definition) is 8. The average molecular weight is 871 g/mol. The Hall–Kier alpha value is -3.46. The predicted octanol–water partition coefficient (Wildman–Crippen LogP) is 11.0. The highest BCUT2D eigenvalue weighted by atomic mass is 16.6. The molecule has 5 aliphatic rings. The van der Waals surface area contributed by atoms with Crippen LogP contribution in [0.3, 0.4) is 0 Å². The molecule has 1 aromatic rings. The zero-order valence-electron chi connectivity index (χ0n) is 41.4. The van der Waals surface area contributed by atoms with Gasteiger partial charge in [0.05, 0.1) is 23.8 Å². The molecule has 0 spiro atoms. The smallest absolute Gasteiger partial charge is 0.338 e. The highest BCUT2D eigenvalue weighted by molar-refractivity contribution is 5.90. The minimum Gasteiger partial charge on any atom is -0.464 e. The highest BCUT2D eigenvalue weighted by Crippen LogP contribution is 2.77. The monoisotopic (exact) mass is 871 g/mol. The molecule has 0 unspecified atom stereocenters. The topological polar surface area (TPSA) is 111 Å². The fourth-order valence-corrected chi connectivity index (χ4v) is 14.5. The minimum atomic E-state index is -0.586. The third kappa shape index (κ3) is 9.34. The van der Waals surface area contributed by atoms with Gasteiger partial charge in [-0.2, -0.15) is 0 Å². The molecule has 1 N–H and O–H groups in total. The lowest BCUT2D eigenvalue weighted by Gasteiger charge is -2.72. The number of rotatable bonds is 13. The number of nitrogens with one attached hydrogen (secondary N) is 1. The summed E-state index contributed by atoms with van der Waals surface area (Å²) in [5.41, 5.74) is 2.91. The van der Waals surface area contributed by atoms with Crippen molar-refractivity contribution in [3.8, 4) is 0 Å². The van der Waals surface area contributed by atoms with Gasteiger partial charge < -0.3 is 24.4 Å². The van der Waals surface area contributed by atoms with Crippen molar-refractivity contribution >= 4 is 29.4 Å². The van der Waals surface area contributed by atoms with E-state index >= 15 is 0 Å². The van der Waals surface area contributed by atoms with E-state index in [9.17, 15) is 19.2 Å². The van der Waals surface area contributed by atoms with E-state index in [0.29, 0.717) is 48.9 Å². The number of allylic oxidation sites excluding steroid dienone is 2. The summed E-state index contributed by atoms with van der Waals surface area (Å²) in [6, 6.07) is 8.10. The SMILES string of the molecule is C=C(C)[C@@]1(C(=O)NCCN(C)CCOC(=O)CCC(=O)OC(C)(C)C)CC[C@@H]2CC[C@]3(C)[C@H](CC[C@@H]4[C@@]5(C)CC=C(c6ccc(C(=O)OC(C)(C)C)cc6)C(C)(C)[C@@H]5CC[C@]43C)[C@@H]21. The number of carbonyl (C=O) groups is 4. The van der Waals surface area contributed by atoms with Gasteiger partial charge in [-0.15, -0.1) is 0 Å². The van der Waals surface area contributed by atoms with Gasteiger partial charge in [0.1, 0.15) is 17.8 Å². The second kappa shape index (κ2) is 17.7. The molecule has 63 heavy (non-hydrogen) atoms. The zero-order chi connectivity index (χ0) is 46.6. The van der Waals surface area contributed by atoms with Gasteiger partial charge >= 0.3 is 17.9 Å². The Morgan fingerprint density at radius 2 is 1.40 bits per heavy atom. The maximum atomic E-state index is 14.7. The third-order valence-corrected chi connectivity index (χ3v) is 17.4. The summed E-state index contributed by atoms with van der Waals surface area (Å²) in [6.45, 7) is 32.5. The number of hydrogen-bond donors (Lipinski definition) is 1. The van der Waals surface area contributed by atoms with Gasteiger partial charge in [-0.05, 0) is 188 Å². The first kappa shape index (κ1) is 49.0. The van der Waals surface area contributed by atoms with Crippen LogP contribution in [0.15, 0.2) is 42.5 Å². The highest BCUT2D eigenvalue weighted by Gasteiger charge is 2.70. The van der Waals surface area contributed by atoms with E-state index in [1.165, 1.54) is 43.2 Å². The van der Waals surface area contributed by atoms with Crippen molar-refractivity contribution in [2.75, 3.05) is 33.3 Å². The first-order valence-corrected chi connectivity index (χ1v) is 24.2. The number of amides is 1. The molecule has 350 valence electrons. The van der Waals surface area contributed by atoms with Crippen molar-refractivity contribution < 1.29 is 33.4 Å². The fourth-order valence-electron chi connectivity index (χ4n) is 14.5. The van der Waals surface area contributed by atoms with Crippen LogP contribution in [0.5, 0.6) is 0 Å². The number of carbonyl (C=O) groups excluding carboxylic acids is 4. The molecule has 4 fully saturated rings. The predicted molar refractivity (Wildman–Crippen MR) is 250 cm³/mol. The van der Waals surface area contributed by atoms with E-state index in [4.69, 9.17) is 14.2 Å². The van der Waals surface area contributed by atoms with Gasteiger partial charge in [0, 0.05) is 19.6 Å². The second-order valence-electron chi connectivity index (χ2n) is 23.8. The molecule has 0 saturated heterocycles. The quantitative estimate of drug-likeness (QED) is 0.119. The van der Waals surface area contributed by atoms with Gasteiger partial charge in [0.25, 0.3) is 0 Å². The second-order valence-corrected chi connectivity index (χ2v) is 23.8. The molecule has 5 aliphatic carbocycles. The van der Waals surface area contributed by atoms with Crippen molar-refractivity contribution in [3.05, 3.63) is 53.6 Å². The molecular weight excluding hydrogens is 789 g/mol. The molecule has 1 amide bonds. The van der Waals surface area contributed by atoms with Crippen molar-refractivity contribution in [2.24, 2.45) is 56.7 Å². The van der Waals surface area contributed by atoms with E-state index < -0.39 is 28.6 Å². The summed E-state index contributed by atoms with van der Waals surface area (Å²) in [5.74, 6) is 1.43. The fraction of sp³-hybridized carbons (Fsp3) is 0.741. The van der Waals surface area contributed by atoms with Crippen LogP contribution in [-0.4, -0.2) is 73.2 Å². The van der Waals surface area contributed by atoms with Crippen LogP contribution in [0.4, 0.5) is 0 Å². The molecule has 9 atom stereocenters. The Balaban J connectivity index is 1.12. The molecule has 0 radical (unpaired) electrons. The van der Waals surface area contributed by atoms with E-state index in [1.807, 2.05) is 40.0 Å². The van der Waals surface area contributed by atoms with Gasteiger partial charge in [-0.1, -0.05) is 65.0 Å². The number of benzene rings is 1. The summed E-state index contributed by atoms with van der Waals surface area (Å²) in [5, 5.41) is 3.39. The zero-order valence-corrected chi connectivity index (χ0v) is 41.4. The van der Waals surface area contributed by atoms with E-state index in [0.717, 1.165) is 31.3 Å². The summed E-state index contributed by atoms with van der Waals surface area (Å²) < 4.78 is 16.3. The number of likely N-dealkylation sites (N-methyl/N-ethyl adjacent to an activating group) is 1. The van der Waals surface area contributed by atoms with Crippen molar-refractivity contribution in [1.82, 2.24) is 10.2 Å². The standard InChI is InChI=1S/C54H82N2O7/c1-35(2)54(47(60)55-31-32-56(14)33-34-61-43(57)21-22-44(58)62-48(3,4)5)30-24-37-23-28-52(12)40(45(37)54)19-20-42-51(11)27-25-39(50(9,10)41(51)26-29-53(42,52)13)36-15-17-38(18-16-36)46(59)63-49(6,7)8/h15-18,25,37,40-42,45H,1,19-24,26-34H2,2-14H3,(H,55,60)/t37-,40+,41-,42+,45+,51-,52+,53+,54-/m0/s1. The lowest BCUT2D eigenvalue weighted by Crippen LogP contribution is -2.65. The molecule has 0 heterocycles. The molecule has 0 aromatic heterocycles. The first-order valence-electron chi connectivity index (χ1n) is 24.2. The van der Waals surface area contributed by atoms with Crippen LogP contribution in [0, 0.1) is 56.7 Å². The lowest BCUT2D eigenvalue weighted by molar-refractivity contribution is -0.219. The average Bonchev–Trinajstić information content (AvgIpc) is 3.57. The number of ether oxygens (including phenoxy) is 3. The first-order chi connectivity index (χ1) is 29.2. The third-order valence-electron chi connectivity index (χ3n) is 17.4. The molecule has 6 rings (SSSR count). The summed E-state index contributed by atoms with van der Waals surface area (Å²) >= 11 is 0. The largest absolute Gasteiger partial charge is 0.464 e. The summed E-state index contributed by atoms with van der Waals surface area (Å²) in [7, 11) is 1.97. The van der Waals surface area contributed by atoms with Crippen molar-refractivity contribution in [1.29, 1.82) is 0 Å². The maximum absolute atomic E-state index is 14.7. The van der Waals surface area contributed by atoms with Gasteiger partial charge in [0.2, 0.25) is 5.91 Å². The number of nitrogens with zero attached hydrogens (tertiary/aromatic N) is 1. The van der Waals surface area contributed by atoms with Crippen LogP contribution in [0.25, 0.3) is 5.57 Å². The van der Waals surface area contributed by atoms with Crippen LogP contribution < -0.4 is 5.32 Å². The summed E-state index contributed by atoms with van der Waals surface area (Å²) in [4.78, 5) is 53.9. The molecule has 9 heteroatoms. The van der Waals surface area contributed by atoms with Gasteiger partial charge in [0.15, 0.2) is 0 Å². The Kier molecular flexibility index (Phi) is 13.8. The van der Waals surface area contributed by atoms with E-state index in [2.05, 4.69) is 76.5 Å². The van der Waals surface area contributed by atoms with E-state index in [-0.39, 0.29) is 58.9 Å². The lowest BCUT2D eigenvalue weighted by atomic mass is 9.33. The maximum Gasteiger partial charge on any atom is 0.338 e. The Morgan fingerprint density at radius 1 is 0.778 bits per heavy atom. The van der Waals surface area contributed by atoms with Crippen molar-refractivity contribution in [2.45, 2.75) is 165 Å². The van der Waals surface area contributed by atoms with Gasteiger partial charge in [-0.25, -0.2) is 4.79 Å². The normalized spacial score (nSPS) is 33.4. The van der Waals surface area contributed by atoms with Crippen molar-refractivity contribution in [3.63, 3.8) is 0 Å². The number of esters is 3. The molecule has 9 nitrogen and oxygen atoms in total. The van der Waals surface area contributed by atoms with Crippen LogP contribution in [-0.2, 0) is 28.6 Å². The minimum absolute atomic E-state index is 0.00168. The van der Waals surface area contributed by atoms with Crippen LogP contribution in [0.1, 0.15) is 170 Å². The number of fused-ring (bicyclic) bond motifs is 7. The van der Waals surface area contributed by atoms with Crippen LogP contribution in [0.2, 0.25) is 0 Å². The Bertz CT molecular complexity index is 1940. The molecule has 0 aliphatic heterocycles. The molecular formula is C54H82N2O7. The molecule has 4 saturated carbocycles. The molecule has 0 bridgehead atoms. The Morgan fingerprint density at radius 3 is 2.03 bits per heavy atom. The van der Waals surface area contributed by atoms with Crippen LogP contribution >= 0.6 is 0 Å². The Labute approximate surface area is 380 Å². The van der Waals surface area contributed by atoms with E-state index in [1.54, 1.807) is 20.8 Å². The molecule has 1 aromatic carbocycles. The summed E-state index contributed by atoms with van der Waals surface area (Å²) in [6.07, 6.45) is 12.7.